The number of phenols is 1. The number of para-hydroxylation sites is 1. The zero-order valence-corrected chi connectivity index (χ0v) is 21.4. The predicted octanol–water partition coefficient (Wildman–Crippen LogP) is 6.40. The number of piperidine rings is 1. The molecule has 2 heterocycles. The predicted molar refractivity (Wildman–Crippen MR) is 142 cm³/mol. The Kier molecular flexibility index (Phi) is 7.30. The van der Waals surface area contributed by atoms with Gasteiger partial charge in [-0.3, -0.25) is 0 Å². The molecule has 33 heavy (non-hydrogen) atoms. The van der Waals surface area contributed by atoms with E-state index in [0.717, 1.165) is 11.5 Å². The van der Waals surface area contributed by atoms with Crippen molar-refractivity contribution in [3.05, 3.63) is 53.2 Å². The highest BCUT2D eigenvalue weighted by Crippen LogP contribution is 2.47. The first kappa shape index (κ1) is 24.0. The summed E-state index contributed by atoms with van der Waals surface area (Å²) in [6.07, 6.45) is 8.69. The molecule has 0 spiro atoms. The van der Waals surface area contributed by atoms with Crippen molar-refractivity contribution in [3.8, 4) is 5.75 Å². The van der Waals surface area contributed by atoms with Crippen LogP contribution in [0, 0.1) is 18.3 Å². The molecule has 0 saturated carbocycles. The number of aryl methyl sites for hydroxylation is 1. The van der Waals surface area contributed by atoms with Crippen molar-refractivity contribution < 1.29 is 5.11 Å². The van der Waals surface area contributed by atoms with E-state index in [4.69, 9.17) is 10.8 Å². The molecule has 1 aliphatic carbocycles. The number of nitrogens with one attached hydrogen (secondary N) is 1. The Morgan fingerprint density at radius 3 is 2.79 bits per heavy atom. The van der Waals surface area contributed by atoms with Crippen LogP contribution in [0.3, 0.4) is 0 Å². The van der Waals surface area contributed by atoms with Crippen molar-refractivity contribution >= 4 is 28.4 Å². The number of rotatable bonds is 4. The number of hydrogen-bond acceptors (Lipinski definition) is 4. The summed E-state index contributed by atoms with van der Waals surface area (Å²) >= 11 is 1.86. The molecule has 0 amide bonds. The number of aromatic nitrogens is 1. The molecule has 2 aliphatic rings. The van der Waals surface area contributed by atoms with Crippen molar-refractivity contribution in [1.29, 1.82) is 0 Å². The highest BCUT2D eigenvalue weighted by molar-refractivity contribution is 7.98. The summed E-state index contributed by atoms with van der Waals surface area (Å²) < 4.78 is 0. The second-order valence-corrected chi connectivity index (χ2v) is 11.0. The smallest absolute Gasteiger partial charge is 0.138 e. The molecule has 178 valence electrons. The Hall–Kier alpha value is -2.11. The van der Waals surface area contributed by atoms with E-state index in [9.17, 15) is 0 Å². The Morgan fingerprint density at radius 1 is 1.27 bits per heavy atom. The van der Waals surface area contributed by atoms with Crippen molar-refractivity contribution in [2.24, 2.45) is 11.3 Å². The molecule has 1 aromatic heterocycles. The Balaban J connectivity index is 0.000000243. The van der Waals surface area contributed by atoms with Crippen LogP contribution in [0.1, 0.15) is 49.9 Å². The SMILES string of the molecule is CCCCN1CCC2Cc3[nH]c4c(SC)cccc4c3CC2(C)C1.Cc1ccc(O)c(N)c1. The number of likely N-dealkylation sites (tertiary alicyclic amines) is 1. The lowest BCUT2D eigenvalue weighted by molar-refractivity contribution is 0.0328. The normalized spacial score (nSPS) is 22.4. The van der Waals surface area contributed by atoms with Gasteiger partial charge in [0.2, 0.25) is 0 Å². The van der Waals surface area contributed by atoms with Crippen LogP contribution in [0.4, 0.5) is 5.69 Å². The van der Waals surface area contributed by atoms with Gasteiger partial charge in [0, 0.05) is 22.5 Å². The number of anilines is 1. The van der Waals surface area contributed by atoms with Gasteiger partial charge in [0.05, 0.1) is 11.2 Å². The molecule has 5 rings (SSSR count). The fourth-order valence-electron chi connectivity index (χ4n) is 5.70. The Morgan fingerprint density at radius 2 is 2.09 bits per heavy atom. The van der Waals surface area contributed by atoms with Crippen LogP contribution in [-0.4, -0.2) is 40.9 Å². The summed E-state index contributed by atoms with van der Waals surface area (Å²) in [6, 6.07) is 11.9. The highest BCUT2D eigenvalue weighted by Gasteiger charge is 2.43. The van der Waals surface area contributed by atoms with Crippen molar-refractivity contribution in [1.82, 2.24) is 9.88 Å². The maximum Gasteiger partial charge on any atom is 0.138 e. The number of nitrogens with zero attached hydrogens (tertiary/aromatic N) is 1. The Labute approximate surface area is 202 Å². The zero-order chi connectivity index (χ0) is 23.6. The van der Waals surface area contributed by atoms with Gasteiger partial charge in [-0.1, -0.05) is 38.5 Å². The number of hydrogen-bond donors (Lipinski definition) is 3. The molecule has 1 saturated heterocycles. The quantitative estimate of drug-likeness (QED) is 0.237. The number of phenolic OH excluding ortho intramolecular Hbond substituents is 1. The molecule has 1 aliphatic heterocycles. The van der Waals surface area contributed by atoms with E-state index < -0.39 is 0 Å². The number of benzene rings is 2. The van der Waals surface area contributed by atoms with Gasteiger partial charge in [-0.25, -0.2) is 0 Å². The van der Waals surface area contributed by atoms with Gasteiger partial charge in [0.1, 0.15) is 5.75 Å². The molecule has 4 N–H and O–H groups in total. The molecule has 1 fully saturated rings. The van der Waals surface area contributed by atoms with E-state index in [-0.39, 0.29) is 5.75 Å². The van der Waals surface area contributed by atoms with E-state index in [1.807, 2.05) is 24.8 Å². The summed E-state index contributed by atoms with van der Waals surface area (Å²) in [7, 11) is 0. The van der Waals surface area contributed by atoms with E-state index in [2.05, 4.69) is 48.2 Å². The molecule has 4 nitrogen and oxygen atoms in total. The summed E-state index contributed by atoms with van der Waals surface area (Å²) in [4.78, 5) is 7.91. The van der Waals surface area contributed by atoms with Crippen molar-refractivity contribution in [2.45, 2.75) is 57.8 Å². The van der Waals surface area contributed by atoms with Gasteiger partial charge in [0.15, 0.2) is 0 Å². The van der Waals surface area contributed by atoms with E-state index in [1.54, 1.807) is 17.7 Å². The van der Waals surface area contributed by atoms with Crippen LogP contribution in [0.2, 0.25) is 0 Å². The molecule has 0 radical (unpaired) electrons. The molecular formula is C28H39N3OS. The second kappa shape index (κ2) is 10.0. The lowest BCUT2D eigenvalue weighted by Crippen LogP contribution is -2.50. The number of nitrogens with two attached hydrogens (primary N) is 1. The highest BCUT2D eigenvalue weighted by atomic mass is 32.2. The van der Waals surface area contributed by atoms with E-state index in [0.29, 0.717) is 11.1 Å². The third-order valence-corrected chi connectivity index (χ3v) is 8.40. The van der Waals surface area contributed by atoms with Crippen LogP contribution in [0.25, 0.3) is 10.9 Å². The number of nitrogen functional groups attached to an aromatic ring is 1. The lowest BCUT2D eigenvalue weighted by atomic mass is 9.63. The molecule has 3 aromatic rings. The van der Waals surface area contributed by atoms with E-state index in [1.165, 1.54) is 73.2 Å². The molecule has 0 bridgehead atoms. The topological polar surface area (TPSA) is 65.3 Å². The average Bonchev–Trinajstić information content (AvgIpc) is 3.15. The third-order valence-electron chi connectivity index (χ3n) is 7.62. The van der Waals surface area contributed by atoms with Gasteiger partial charge in [-0.2, -0.15) is 0 Å². The third kappa shape index (κ3) is 5.04. The summed E-state index contributed by atoms with van der Waals surface area (Å²) in [5, 5.41) is 10.4. The zero-order valence-electron chi connectivity index (χ0n) is 20.6. The van der Waals surface area contributed by atoms with Gasteiger partial charge < -0.3 is 20.7 Å². The van der Waals surface area contributed by atoms with Crippen LogP contribution in [-0.2, 0) is 12.8 Å². The first-order chi connectivity index (χ1) is 15.8. The number of aromatic hydroxyl groups is 1. The maximum absolute atomic E-state index is 8.92. The maximum atomic E-state index is 8.92. The van der Waals surface area contributed by atoms with E-state index >= 15 is 0 Å². The lowest BCUT2D eigenvalue weighted by Gasteiger charge is -2.49. The molecule has 2 atom stereocenters. The fourth-order valence-corrected chi connectivity index (χ4v) is 6.28. The minimum Gasteiger partial charge on any atom is -0.506 e. The Bertz CT molecular complexity index is 1110. The van der Waals surface area contributed by atoms with Crippen LogP contribution >= 0.6 is 11.8 Å². The van der Waals surface area contributed by atoms with Crippen molar-refractivity contribution in [2.75, 3.05) is 31.6 Å². The fraction of sp³-hybridized carbons (Fsp3) is 0.500. The minimum absolute atomic E-state index is 0.153. The van der Waals surface area contributed by atoms with Gasteiger partial charge in [0.25, 0.3) is 0 Å². The van der Waals surface area contributed by atoms with Crippen LogP contribution in [0.15, 0.2) is 41.3 Å². The van der Waals surface area contributed by atoms with Crippen LogP contribution < -0.4 is 5.73 Å². The number of unbranched alkanes of at least 4 members (excludes halogenated alkanes) is 1. The first-order valence-corrected chi connectivity index (χ1v) is 13.5. The summed E-state index contributed by atoms with van der Waals surface area (Å²) in [5.41, 5.74) is 11.8. The monoisotopic (exact) mass is 465 g/mol. The molecular weight excluding hydrogens is 426 g/mol. The number of fused-ring (bicyclic) bond motifs is 4. The molecule has 2 unspecified atom stereocenters. The average molecular weight is 466 g/mol. The number of thioether (sulfide) groups is 1. The summed E-state index contributed by atoms with van der Waals surface area (Å²) in [6.45, 7) is 10.6. The minimum atomic E-state index is 0.153. The van der Waals surface area contributed by atoms with Gasteiger partial charge >= 0.3 is 0 Å². The summed E-state index contributed by atoms with van der Waals surface area (Å²) in [5.74, 6) is 0.995. The number of H-pyrrole nitrogens is 1. The first-order valence-electron chi connectivity index (χ1n) is 12.3. The standard InChI is InChI=1S/C21H30N2S.C7H9NO/c1-4-5-10-23-11-9-15-12-18-17(13-21(15,2)14-23)16-7-6-8-19(24-3)20(16)22-18;1-5-2-3-7(9)6(8)4-5/h6-8,15,22H,4-5,9-14H2,1-3H3;2-4,9H,8H2,1H3. The van der Waals surface area contributed by atoms with Gasteiger partial charge in [-0.15, -0.1) is 11.8 Å². The van der Waals surface area contributed by atoms with Crippen LogP contribution in [0.5, 0.6) is 5.75 Å². The van der Waals surface area contributed by atoms with Crippen molar-refractivity contribution in [3.63, 3.8) is 0 Å². The largest absolute Gasteiger partial charge is 0.506 e. The second-order valence-electron chi connectivity index (χ2n) is 10.2. The number of aromatic amines is 1. The molecule has 2 aromatic carbocycles. The molecule has 5 heteroatoms. The van der Waals surface area contributed by atoms with Gasteiger partial charge in [-0.05, 0) is 92.6 Å².